The van der Waals surface area contributed by atoms with Gasteiger partial charge in [-0.25, -0.2) is 0 Å². The molecule has 0 spiro atoms. The van der Waals surface area contributed by atoms with Crippen LogP contribution in [0.1, 0.15) is 60.3 Å². The van der Waals surface area contributed by atoms with E-state index in [1.54, 1.807) is 26.4 Å². The molecule has 182 valence electrons. The van der Waals surface area contributed by atoms with Gasteiger partial charge < -0.3 is 24.3 Å². The number of nitrogens with one attached hydrogen (secondary N) is 1. The Labute approximate surface area is 194 Å². The highest BCUT2D eigenvalue weighted by molar-refractivity contribution is 5.87. The van der Waals surface area contributed by atoms with E-state index in [4.69, 9.17) is 18.9 Å². The van der Waals surface area contributed by atoms with E-state index in [0.29, 0.717) is 5.92 Å². The zero-order valence-electron chi connectivity index (χ0n) is 20.9. The third-order valence-electron chi connectivity index (χ3n) is 6.77. The fourth-order valence-corrected chi connectivity index (χ4v) is 4.20. The van der Waals surface area contributed by atoms with Gasteiger partial charge in [0.25, 0.3) is 0 Å². The number of amides is 1. The van der Waals surface area contributed by atoms with Crippen LogP contribution in [-0.4, -0.2) is 62.8 Å². The second-order valence-corrected chi connectivity index (χ2v) is 9.57. The number of methoxy groups -OCH3 is 2. The monoisotopic (exact) mass is 449 g/mol. The van der Waals surface area contributed by atoms with Crippen LogP contribution in [-0.2, 0) is 23.7 Å². The molecule has 0 saturated carbocycles. The zero-order valence-corrected chi connectivity index (χ0v) is 20.9. The van der Waals surface area contributed by atoms with Crippen LogP contribution in [0.2, 0.25) is 0 Å². The fraction of sp³-hybridized carbons (Fsp3) is 0.731. The molecule has 2 heterocycles. The summed E-state index contributed by atoms with van der Waals surface area (Å²) in [5.74, 6) is 0.255. The third kappa shape index (κ3) is 8.47. The molecule has 2 saturated heterocycles. The molecule has 7 atom stereocenters. The van der Waals surface area contributed by atoms with Crippen LogP contribution >= 0.6 is 0 Å². The van der Waals surface area contributed by atoms with Crippen molar-refractivity contribution in [3.63, 3.8) is 0 Å². The van der Waals surface area contributed by atoms with Crippen molar-refractivity contribution in [2.24, 2.45) is 5.92 Å². The maximum Gasteiger partial charge on any atom is 0.244 e. The van der Waals surface area contributed by atoms with Crippen LogP contribution in [0, 0.1) is 5.92 Å². The van der Waals surface area contributed by atoms with E-state index >= 15 is 0 Å². The Balaban J connectivity index is 1.83. The molecule has 32 heavy (non-hydrogen) atoms. The van der Waals surface area contributed by atoms with Crippen molar-refractivity contribution in [1.82, 2.24) is 5.32 Å². The van der Waals surface area contributed by atoms with E-state index in [1.807, 2.05) is 13.8 Å². The lowest BCUT2D eigenvalue weighted by atomic mass is 9.88. The second-order valence-electron chi connectivity index (χ2n) is 9.57. The lowest BCUT2D eigenvalue weighted by Crippen LogP contribution is -2.50. The van der Waals surface area contributed by atoms with Gasteiger partial charge in [0.15, 0.2) is 0 Å². The van der Waals surface area contributed by atoms with Crippen LogP contribution in [0.3, 0.4) is 0 Å². The first-order valence-electron chi connectivity index (χ1n) is 11.8. The van der Waals surface area contributed by atoms with E-state index in [9.17, 15) is 4.79 Å². The van der Waals surface area contributed by atoms with Gasteiger partial charge in [-0.05, 0) is 52.9 Å². The standard InChI is InChI=1S/C26H43NO5/c1-18(8-11-22-17-26(5,30-7)14-15-31-22)9-12-24-19(2)16-23(21(4)32-24)27-25(28)13-10-20(3)29-6/h8-11,13,19-24H,12,14-17H2,1-7H3,(H,27,28)/b11-8+,13-10-,18-9+. The summed E-state index contributed by atoms with van der Waals surface area (Å²) in [5.41, 5.74) is 1.10. The highest BCUT2D eigenvalue weighted by atomic mass is 16.5. The highest BCUT2D eigenvalue weighted by Crippen LogP contribution is 2.29. The molecule has 0 aliphatic carbocycles. The van der Waals surface area contributed by atoms with Crippen molar-refractivity contribution in [2.75, 3.05) is 20.8 Å². The predicted octanol–water partition coefficient (Wildman–Crippen LogP) is 4.35. The van der Waals surface area contributed by atoms with E-state index in [0.717, 1.165) is 32.3 Å². The molecule has 1 amide bonds. The van der Waals surface area contributed by atoms with Crippen LogP contribution < -0.4 is 5.32 Å². The number of allylic oxidation sites excluding steroid dienone is 2. The van der Waals surface area contributed by atoms with Gasteiger partial charge in [0.05, 0.1) is 42.7 Å². The van der Waals surface area contributed by atoms with Crippen molar-refractivity contribution >= 4 is 5.91 Å². The van der Waals surface area contributed by atoms with Crippen molar-refractivity contribution < 1.29 is 23.7 Å². The molecule has 7 unspecified atom stereocenters. The molecule has 0 aromatic heterocycles. The number of hydrogen-bond donors (Lipinski definition) is 1. The van der Waals surface area contributed by atoms with E-state index < -0.39 is 0 Å². The van der Waals surface area contributed by atoms with Crippen LogP contribution in [0.5, 0.6) is 0 Å². The minimum atomic E-state index is -0.101. The minimum Gasteiger partial charge on any atom is -0.378 e. The van der Waals surface area contributed by atoms with Gasteiger partial charge in [-0.15, -0.1) is 0 Å². The first-order valence-corrected chi connectivity index (χ1v) is 11.8. The third-order valence-corrected chi connectivity index (χ3v) is 6.77. The molecule has 0 bridgehead atoms. The maximum atomic E-state index is 12.2. The summed E-state index contributed by atoms with van der Waals surface area (Å²) in [5, 5.41) is 3.07. The number of hydrogen-bond acceptors (Lipinski definition) is 5. The molecule has 0 radical (unpaired) electrons. The summed E-state index contributed by atoms with van der Waals surface area (Å²) >= 11 is 0. The summed E-state index contributed by atoms with van der Waals surface area (Å²) in [4.78, 5) is 12.2. The Bertz CT molecular complexity index is 688. The quantitative estimate of drug-likeness (QED) is 0.419. The molecule has 0 aromatic rings. The maximum absolute atomic E-state index is 12.2. The molecule has 2 aliphatic rings. The van der Waals surface area contributed by atoms with Crippen molar-refractivity contribution in [3.05, 3.63) is 36.0 Å². The summed E-state index contributed by atoms with van der Waals surface area (Å²) in [6, 6.07) is 0.0137. The molecule has 6 heteroatoms. The Hall–Kier alpha value is -1.47. The topological polar surface area (TPSA) is 66.0 Å². The van der Waals surface area contributed by atoms with E-state index in [1.165, 1.54) is 5.57 Å². The van der Waals surface area contributed by atoms with Gasteiger partial charge in [-0.1, -0.05) is 36.8 Å². The summed E-state index contributed by atoms with van der Waals surface area (Å²) < 4.78 is 22.9. The normalized spacial score (nSPS) is 35.3. The number of rotatable bonds is 9. The van der Waals surface area contributed by atoms with Crippen LogP contribution in [0.4, 0.5) is 0 Å². The van der Waals surface area contributed by atoms with E-state index in [-0.39, 0.29) is 42.0 Å². The van der Waals surface area contributed by atoms with Gasteiger partial charge in [-0.2, -0.15) is 0 Å². The predicted molar refractivity (Wildman–Crippen MR) is 128 cm³/mol. The van der Waals surface area contributed by atoms with Crippen molar-refractivity contribution in [3.8, 4) is 0 Å². The zero-order chi connectivity index (χ0) is 23.7. The van der Waals surface area contributed by atoms with Gasteiger partial charge in [-0.3, -0.25) is 4.79 Å². The Morgan fingerprint density at radius 3 is 2.72 bits per heavy atom. The summed E-state index contributed by atoms with van der Waals surface area (Å²) in [6.07, 6.45) is 13.5. The van der Waals surface area contributed by atoms with Crippen LogP contribution in [0.15, 0.2) is 36.0 Å². The van der Waals surface area contributed by atoms with Gasteiger partial charge in [0.1, 0.15) is 0 Å². The average Bonchev–Trinajstić information content (AvgIpc) is 2.77. The highest BCUT2D eigenvalue weighted by Gasteiger charge is 2.34. The molecule has 6 nitrogen and oxygen atoms in total. The lowest BCUT2D eigenvalue weighted by Gasteiger charge is -2.39. The van der Waals surface area contributed by atoms with Gasteiger partial charge >= 0.3 is 0 Å². The minimum absolute atomic E-state index is 0.0137. The molecular weight excluding hydrogens is 406 g/mol. The summed E-state index contributed by atoms with van der Waals surface area (Å²) in [6.45, 7) is 11.1. The molecule has 2 rings (SSSR count). The smallest absolute Gasteiger partial charge is 0.244 e. The number of carbonyl (C=O) groups is 1. The largest absolute Gasteiger partial charge is 0.378 e. The lowest BCUT2D eigenvalue weighted by molar-refractivity contribution is -0.123. The Morgan fingerprint density at radius 2 is 2.03 bits per heavy atom. The molecule has 2 aliphatic heterocycles. The number of ether oxygens (including phenoxy) is 4. The molecule has 0 aromatic carbocycles. The second kappa shape index (κ2) is 12.7. The van der Waals surface area contributed by atoms with Crippen LogP contribution in [0.25, 0.3) is 0 Å². The Kier molecular flexibility index (Phi) is 10.6. The first-order chi connectivity index (χ1) is 15.2. The molecule has 1 N–H and O–H groups in total. The number of carbonyl (C=O) groups excluding carboxylic acids is 1. The van der Waals surface area contributed by atoms with Crippen molar-refractivity contribution in [1.29, 1.82) is 0 Å². The fourth-order valence-electron chi connectivity index (χ4n) is 4.20. The average molecular weight is 450 g/mol. The van der Waals surface area contributed by atoms with Gasteiger partial charge in [0.2, 0.25) is 5.91 Å². The molecular formula is C26H43NO5. The SMILES string of the molecule is COC(C)/C=C\C(=O)NC1CC(C)C(C/C=C(C)/C=C/C2CC(C)(OC)CCO2)OC1C. The first kappa shape index (κ1) is 26.8. The summed E-state index contributed by atoms with van der Waals surface area (Å²) in [7, 11) is 3.40. The van der Waals surface area contributed by atoms with E-state index in [2.05, 4.69) is 44.3 Å². The van der Waals surface area contributed by atoms with Crippen molar-refractivity contribution in [2.45, 2.75) is 96.4 Å². The van der Waals surface area contributed by atoms with Gasteiger partial charge in [0, 0.05) is 26.7 Å². The Morgan fingerprint density at radius 1 is 1.28 bits per heavy atom. The molecule has 2 fully saturated rings.